The van der Waals surface area contributed by atoms with Crippen LogP contribution in [0.15, 0.2) is 241 Å². The SMILES string of the molecule is c1ccc(N2c3ccc(-c4cccc5oc6c(c7ccccc7n6-c6ccccc6)c45)cc3C3(c4ccccc4-c4ccccc43)c3cc(-n4c5ccccc5c5ccccc54)ccc32)cc1. The average Bonchev–Trinajstić information content (AvgIpc) is 4.12. The van der Waals surface area contributed by atoms with E-state index in [0.29, 0.717) is 0 Å². The lowest BCUT2D eigenvalue weighted by atomic mass is 9.64. The van der Waals surface area contributed by atoms with Crippen molar-refractivity contribution >= 4 is 71.8 Å². The minimum absolute atomic E-state index is 0.670. The molecule has 4 heterocycles. The first kappa shape index (κ1) is 36.5. The molecule has 15 rings (SSSR count). The standard InChI is InChI=1S/C63H39N3O/c1-3-18-41(19-4-1)64-57-36-34-40(44-27-17-33-59-60(44)61-49-26-11-16-32-56(49)66(62(61)67-59)42-20-5-2-6-21-42)38-52(57)63(50-28-12-7-22-45(50)46-23-8-13-29-51(46)63)53-39-43(35-37-58(53)64)65-54-30-14-9-24-47(54)48-25-10-15-31-55(48)65/h1-39H. The van der Waals surface area contributed by atoms with E-state index in [1.807, 2.05) is 0 Å². The minimum atomic E-state index is -0.670. The second-order valence-electron chi connectivity index (χ2n) is 18.0. The van der Waals surface area contributed by atoms with Crippen molar-refractivity contribution in [2.45, 2.75) is 5.41 Å². The molecule has 0 N–H and O–H groups in total. The van der Waals surface area contributed by atoms with Crippen molar-refractivity contribution in [1.29, 1.82) is 0 Å². The van der Waals surface area contributed by atoms with E-state index in [4.69, 9.17) is 4.42 Å². The Morgan fingerprint density at radius 2 is 0.851 bits per heavy atom. The summed E-state index contributed by atoms with van der Waals surface area (Å²) in [6, 6.07) is 86.9. The molecule has 0 amide bonds. The van der Waals surface area contributed by atoms with E-state index in [2.05, 4.69) is 251 Å². The van der Waals surface area contributed by atoms with Crippen LogP contribution >= 0.6 is 0 Å². The number of rotatable bonds is 4. The summed E-state index contributed by atoms with van der Waals surface area (Å²) in [6.07, 6.45) is 0. The molecule has 0 atom stereocenters. The largest absolute Gasteiger partial charge is 0.439 e. The van der Waals surface area contributed by atoms with Gasteiger partial charge in [0.1, 0.15) is 5.58 Å². The molecular weight excluding hydrogens is 815 g/mol. The van der Waals surface area contributed by atoms with E-state index in [1.54, 1.807) is 0 Å². The average molecular weight is 854 g/mol. The smallest absolute Gasteiger partial charge is 0.213 e. The Balaban J connectivity index is 1.07. The summed E-state index contributed by atoms with van der Waals surface area (Å²) in [5.74, 6) is 0. The molecule has 0 saturated heterocycles. The third-order valence-electron chi connectivity index (χ3n) is 14.7. The number of benzene rings is 10. The lowest BCUT2D eigenvalue weighted by Crippen LogP contribution is -2.36. The fourth-order valence-electron chi connectivity index (χ4n) is 12.1. The zero-order chi connectivity index (χ0) is 43.8. The zero-order valence-electron chi connectivity index (χ0n) is 36.3. The Labute approximate surface area is 386 Å². The molecular formula is C63H39N3O. The quantitative estimate of drug-likeness (QED) is 0.176. The fraction of sp³-hybridized carbons (Fsp3) is 0.0159. The monoisotopic (exact) mass is 853 g/mol. The van der Waals surface area contributed by atoms with Crippen LogP contribution in [-0.4, -0.2) is 9.13 Å². The Hall–Kier alpha value is -8.86. The number of aromatic nitrogens is 2. The van der Waals surface area contributed by atoms with Crippen LogP contribution in [0.3, 0.4) is 0 Å². The normalized spacial score (nSPS) is 13.5. The van der Waals surface area contributed by atoms with E-state index in [-0.39, 0.29) is 0 Å². The van der Waals surface area contributed by atoms with Crippen LogP contribution in [-0.2, 0) is 5.41 Å². The number of hydrogen-bond donors (Lipinski definition) is 0. The summed E-state index contributed by atoms with van der Waals surface area (Å²) < 4.78 is 11.7. The van der Waals surface area contributed by atoms with E-state index in [0.717, 1.165) is 67.1 Å². The number of hydrogen-bond acceptors (Lipinski definition) is 2. The summed E-state index contributed by atoms with van der Waals surface area (Å²) in [5.41, 5.74) is 20.1. The van der Waals surface area contributed by atoms with E-state index in [1.165, 1.54) is 60.6 Å². The molecule has 312 valence electrons. The number of furan rings is 1. The molecule has 4 heteroatoms. The number of para-hydroxylation sites is 5. The zero-order valence-corrected chi connectivity index (χ0v) is 36.3. The second-order valence-corrected chi connectivity index (χ2v) is 18.0. The summed E-state index contributed by atoms with van der Waals surface area (Å²) in [4.78, 5) is 2.49. The number of nitrogens with zero attached hydrogens (tertiary/aromatic N) is 3. The van der Waals surface area contributed by atoms with Gasteiger partial charge in [-0.3, -0.25) is 4.57 Å². The first-order valence-corrected chi connectivity index (χ1v) is 23.1. The Kier molecular flexibility index (Phi) is 7.40. The van der Waals surface area contributed by atoms with Crippen LogP contribution < -0.4 is 4.90 Å². The van der Waals surface area contributed by atoms with Crippen molar-refractivity contribution in [2.75, 3.05) is 4.90 Å². The molecule has 13 aromatic rings. The van der Waals surface area contributed by atoms with Crippen LogP contribution in [0.5, 0.6) is 0 Å². The summed E-state index contributed by atoms with van der Waals surface area (Å²) in [7, 11) is 0. The van der Waals surface area contributed by atoms with E-state index in [9.17, 15) is 0 Å². The van der Waals surface area contributed by atoms with Gasteiger partial charge in [-0.05, 0) is 123 Å². The minimum Gasteiger partial charge on any atom is -0.439 e. The molecule has 0 unspecified atom stereocenters. The molecule has 10 aromatic carbocycles. The second kappa shape index (κ2) is 13.6. The van der Waals surface area contributed by atoms with Gasteiger partial charge in [-0.25, -0.2) is 0 Å². The molecule has 1 aliphatic heterocycles. The van der Waals surface area contributed by atoms with E-state index >= 15 is 0 Å². The Morgan fingerprint density at radius 3 is 1.52 bits per heavy atom. The lowest BCUT2D eigenvalue weighted by Gasteiger charge is -2.45. The molecule has 3 aromatic heterocycles. The van der Waals surface area contributed by atoms with Gasteiger partial charge in [0.05, 0.1) is 38.7 Å². The van der Waals surface area contributed by atoms with Crippen LogP contribution in [0, 0.1) is 0 Å². The van der Waals surface area contributed by atoms with Crippen LogP contribution in [0.25, 0.3) is 88.4 Å². The maximum atomic E-state index is 6.97. The first-order valence-electron chi connectivity index (χ1n) is 23.1. The van der Waals surface area contributed by atoms with Gasteiger partial charge in [-0.2, -0.15) is 0 Å². The molecule has 4 nitrogen and oxygen atoms in total. The molecule has 0 bridgehead atoms. The van der Waals surface area contributed by atoms with E-state index < -0.39 is 5.41 Å². The first-order chi connectivity index (χ1) is 33.3. The highest BCUT2D eigenvalue weighted by atomic mass is 16.3. The van der Waals surface area contributed by atoms with Gasteiger partial charge < -0.3 is 13.9 Å². The van der Waals surface area contributed by atoms with Gasteiger partial charge in [0.2, 0.25) is 5.71 Å². The molecule has 1 spiro atoms. The third-order valence-corrected chi connectivity index (χ3v) is 14.7. The van der Waals surface area contributed by atoms with Gasteiger partial charge in [0, 0.05) is 38.6 Å². The Bertz CT molecular complexity index is 4070. The summed E-state index contributed by atoms with van der Waals surface area (Å²) in [5, 5.41) is 5.91. The Morgan fingerprint density at radius 1 is 0.328 bits per heavy atom. The molecule has 2 aliphatic rings. The molecule has 1 aliphatic carbocycles. The summed E-state index contributed by atoms with van der Waals surface area (Å²) >= 11 is 0. The van der Waals surface area contributed by atoms with Crippen molar-refractivity contribution in [2.24, 2.45) is 0 Å². The van der Waals surface area contributed by atoms with Crippen LogP contribution in [0.1, 0.15) is 22.3 Å². The lowest BCUT2D eigenvalue weighted by molar-refractivity contribution is 0.645. The maximum Gasteiger partial charge on any atom is 0.213 e. The van der Waals surface area contributed by atoms with Crippen molar-refractivity contribution in [3.8, 4) is 33.6 Å². The highest BCUT2D eigenvalue weighted by Gasteiger charge is 2.52. The highest BCUT2D eigenvalue weighted by molar-refractivity contribution is 6.23. The van der Waals surface area contributed by atoms with Gasteiger partial charge in [-0.1, -0.05) is 158 Å². The predicted molar refractivity (Wildman–Crippen MR) is 276 cm³/mol. The third kappa shape index (κ3) is 4.81. The predicted octanol–water partition coefficient (Wildman–Crippen LogP) is 16.4. The molecule has 0 saturated carbocycles. The van der Waals surface area contributed by atoms with Gasteiger partial charge in [-0.15, -0.1) is 0 Å². The number of fused-ring (bicyclic) bond motifs is 17. The van der Waals surface area contributed by atoms with Crippen LogP contribution in [0.4, 0.5) is 17.1 Å². The van der Waals surface area contributed by atoms with Crippen molar-refractivity contribution in [3.05, 3.63) is 259 Å². The van der Waals surface area contributed by atoms with Gasteiger partial charge >= 0.3 is 0 Å². The topological polar surface area (TPSA) is 26.2 Å². The van der Waals surface area contributed by atoms with Gasteiger partial charge in [0.25, 0.3) is 0 Å². The summed E-state index contributed by atoms with van der Waals surface area (Å²) in [6.45, 7) is 0. The molecule has 0 fully saturated rings. The van der Waals surface area contributed by atoms with Crippen LogP contribution in [0.2, 0.25) is 0 Å². The fourth-order valence-corrected chi connectivity index (χ4v) is 12.1. The molecule has 0 radical (unpaired) electrons. The highest BCUT2D eigenvalue weighted by Crippen LogP contribution is 2.64. The van der Waals surface area contributed by atoms with Gasteiger partial charge in [0.15, 0.2) is 0 Å². The number of anilines is 3. The van der Waals surface area contributed by atoms with Crippen molar-refractivity contribution < 1.29 is 4.42 Å². The molecule has 67 heavy (non-hydrogen) atoms. The van der Waals surface area contributed by atoms with Crippen molar-refractivity contribution in [1.82, 2.24) is 9.13 Å². The maximum absolute atomic E-state index is 6.97. The van der Waals surface area contributed by atoms with Crippen molar-refractivity contribution in [3.63, 3.8) is 0 Å².